The predicted molar refractivity (Wildman–Crippen MR) is 79.8 cm³/mol. The molecule has 0 aromatic carbocycles. The molecule has 7 heteroatoms. The number of nitrogens with one attached hydrogen (secondary N) is 2. The van der Waals surface area contributed by atoms with Crippen molar-refractivity contribution in [3.63, 3.8) is 0 Å². The molecule has 2 heterocycles. The van der Waals surface area contributed by atoms with Gasteiger partial charge < -0.3 is 19.5 Å². The van der Waals surface area contributed by atoms with Crippen LogP contribution in [-0.2, 0) is 13.0 Å². The van der Waals surface area contributed by atoms with E-state index in [-0.39, 0.29) is 29.6 Å². The first-order chi connectivity index (χ1) is 10.5. The monoisotopic (exact) mass is 305 g/mol. The van der Waals surface area contributed by atoms with Crippen LogP contribution in [-0.4, -0.2) is 23.0 Å². The highest BCUT2D eigenvalue weighted by molar-refractivity contribution is 5.94. The van der Waals surface area contributed by atoms with Crippen LogP contribution in [0.4, 0.5) is 0 Å². The summed E-state index contributed by atoms with van der Waals surface area (Å²) in [5.41, 5.74) is -0.0151. The van der Waals surface area contributed by atoms with Crippen molar-refractivity contribution in [3.8, 4) is 5.88 Å². The zero-order chi connectivity index (χ0) is 16.1. The topological polar surface area (TPSA) is 97.2 Å². The van der Waals surface area contributed by atoms with E-state index in [4.69, 9.17) is 9.15 Å². The molecule has 0 unspecified atom stereocenters. The Morgan fingerprint density at radius 2 is 2.27 bits per heavy atom. The van der Waals surface area contributed by atoms with E-state index in [9.17, 15) is 9.59 Å². The fourth-order valence-electron chi connectivity index (χ4n) is 1.96. The third kappa shape index (κ3) is 3.75. The Hall–Kier alpha value is -2.57. The van der Waals surface area contributed by atoms with Gasteiger partial charge >= 0.3 is 0 Å². The fourth-order valence-corrected chi connectivity index (χ4v) is 1.96. The van der Waals surface area contributed by atoms with Crippen molar-refractivity contribution in [1.29, 1.82) is 0 Å². The lowest BCUT2D eigenvalue weighted by Crippen LogP contribution is -2.29. The molecular formula is C15H19N3O4. The fraction of sp³-hybridized carbons (Fsp3) is 0.400. The minimum atomic E-state index is -0.478. The van der Waals surface area contributed by atoms with Crippen molar-refractivity contribution < 1.29 is 13.9 Å². The predicted octanol–water partition coefficient (Wildman–Crippen LogP) is 1.50. The van der Waals surface area contributed by atoms with Gasteiger partial charge in [-0.25, -0.2) is 4.98 Å². The summed E-state index contributed by atoms with van der Waals surface area (Å²) in [5, 5.41) is 2.64. The summed E-state index contributed by atoms with van der Waals surface area (Å²) in [6.07, 6.45) is 2.03. The smallest absolute Gasteiger partial charge is 0.273 e. The number of methoxy groups -OCH3 is 1. The summed E-state index contributed by atoms with van der Waals surface area (Å²) < 4.78 is 10.2. The first kappa shape index (κ1) is 15.8. The quantitative estimate of drug-likeness (QED) is 0.843. The van der Waals surface area contributed by atoms with Crippen molar-refractivity contribution in [3.05, 3.63) is 45.9 Å². The van der Waals surface area contributed by atoms with Crippen LogP contribution in [0.5, 0.6) is 5.88 Å². The van der Waals surface area contributed by atoms with Gasteiger partial charge in [0, 0.05) is 0 Å². The van der Waals surface area contributed by atoms with Crippen molar-refractivity contribution in [2.45, 2.75) is 26.8 Å². The van der Waals surface area contributed by atoms with Crippen molar-refractivity contribution >= 4 is 5.91 Å². The van der Waals surface area contributed by atoms with Crippen LogP contribution in [0.25, 0.3) is 0 Å². The number of furan rings is 1. The minimum absolute atomic E-state index is 0.00608. The van der Waals surface area contributed by atoms with E-state index in [2.05, 4.69) is 15.3 Å². The summed E-state index contributed by atoms with van der Waals surface area (Å²) in [7, 11) is 1.41. The molecular weight excluding hydrogens is 286 g/mol. The van der Waals surface area contributed by atoms with Gasteiger partial charge in [-0.05, 0) is 24.5 Å². The molecule has 0 aliphatic rings. The Bertz CT molecular complexity index is 689. The highest BCUT2D eigenvalue weighted by atomic mass is 16.5. The van der Waals surface area contributed by atoms with Gasteiger partial charge in [0.2, 0.25) is 5.88 Å². The maximum absolute atomic E-state index is 12.2. The number of amides is 1. The lowest BCUT2D eigenvalue weighted by Gasteiger charge is -2.10. The number of aromatic nitrogens is 2. The van der Waals surface area contributed by atoms with Gasteiger partial charge in [0.15, 0.2) is 5.69 Å². The number of aromatic amines is 1. The van der Waals surface area contributed by atoms with Crippen LogP contribution in [0.2, 0.25) is 0 Å². The van der Waals surface area contributed by atoms with E-state index in [0.29, 0.717) is 17.9 Å². The molecule has 0 radical (unpaired) electrons. The molecule has 0 bridgehead atoms. The van der Waals surface area contributed by atoms with E-state index in [1.807, 2.05) is 13.8 Å². The average molecular weight is 305 g/mol. The summed E-state index contributed by atoms with van der Waals surface area (Å²) >= 11 is 0. The van der Waals surface area contributed by atoms with Crippen LogP contribution in [0.1, 0.15) is 35.8 Å². The Labute approximate surface area is 127 Å². The normalized spacial score (nSPS) is 10.7. The van der Waals surface area contributed by atoms with Gasteiger partial charge in [0.25, 0.3) is 11.5 Å². The number of hydrogen-bond acceptors (Lipinski definition) is 5. The van der Waals surface area contributed by atoms with E-state index in [1.165, 1.54) is 13.4 Å². The third-order valence-corrected chi connectivity index (χ3v) is 2.98. The molecule has 118 valence electrons. The molecule has 0 fully saturated rings. The second-order valence-electron chi connectivity index (χ2n) is 5.26. The van der Waals surface area contributed by atoms with E-state index < -0.39 is 5.91 Å². The average Bonchev–Trinajstić information content (AvgIpc) is 2.99. The first-order valence-electron chi connectivity index (χ1n) is 6.99. The maximum atomic E-state index is 12.2. The van der Waals surface area contributed by atoms with Crippen LogP contribution in [0.3, 0.4) is 0 Å². The number of hydrogen-bond donors (Lipinski definition) is 2. The second kappa shape index (κ2) is 6.93. The third-order valence-electron chi connectivity index (χ3n) is 2.98. The molecule has 2 N–H and O–H groups in total. The maximum Gasteiger partial charge on any atom is 0.273 e. The van der Waals surface area contributed by atoms with Crippen molar-refractivity contribution in [2.75, 3.05) is 7.11 Å². The number of rotatable bonds is 6. The molecule has 0 saturated heterocycles. The number of H-pyrrole nitrogens is 1. The Morgan fingerprint density at radius 3 is 2.86 bits per heavy atom. The lowest BCUT2D eigenvalue weighted by molar-refractivity contribution is 0.0938. The van der Waals surface area contributed by atoms with Crippen LogP contribution >= 0.6 is 0 Å². The standard InChI is InChI=1S/C15H19N3O4/c1-9(2)7-11-13(19)18-12(15(17-11)21-3)14(20)16-8-10-5-4-6-22-10/h4-6,9H,7-8H2,1-3H3,(H,16,20)(H,18,19). The lowest BCUT2D eigenvalue weighted by atomic mass is 10.1. The SMILES string of the molecule is COc1nc(CC(C)C)c(=O)[nH]c1C(=O)NCc1ccco1. The Balaban J connectivity index is 2.20. The van der Waals surface area contributed by atoms with E-state index in [1.54, 1.807) is 12.1 Å². The summed E-state index contributed by atoms with van der Waals surface area (Å²) in [6, 6.07) is 3.47. The van der Waals surface area contributed by atoms with Gasteiger partial charge in [-0.15, -0.1) is 0 Å². The first-order valence-corrected chi connectivity index (χ1v) is 6.99. The Morgan fingerprint density at radius 1 is 1.50 bits per heavy atom. The number of nitrogens with zero attached hydrogens (tertiary/aromatic N) is 1. The zero-order valence-corrected chi connectivity index (χ0v) is 12.8. The van der Waals surface area contributed by atoms with Crippen molar-refractivity contribution in [1.82, 2.24) is 15.3 Å². The molecule has 7 nitrogen and oxygen atoms in total. The number of carbonyl (C=O) groups is 1. The molecule has 1 amide bonds. The zero-order valence-electron chi connectivity index (χ0n) is 12.8. The van der Waals surface area contributed by atoms with Gasteiger partial charge in [0.1, 0.15) is 11.5 Å². The van der Waals surface area contributed by atoms with Crippen LogP contribution in [0, 0.1) is 5.92 Å². The highest BCUT2D eigenvalue weighted by Gasteiger charge is 2.18. The summed E-state index contributed by atoms with van der Waals surface area (Å²) in [5.74, 6) is 0.511. The second-order valence-corrected chi connectivity index (χ2v) is 5.26. The van der Waals surface area contributed by atoms with Gasteiger partial charge in [-0.1, -0.05) is 13.8 Å². The van der Waals surface area contributed by atoms with Gasteiger partial charge in [-0.3, -0.25) is 9.59 Å². The largest absolute Gasteiger partial charge is 0.479 e. The number of carbonyl (C=O) groups excluding carboxylic acids is 1. The summed E-state index contributed by atoms with van der Waals surface area (Å²) in [6.45, 7) is 4.18. The molecule has 0 saturated carbocycles. The minimum Gasteiger partial charge on any atom is -0.479 e. The van der Waals surface area contributed by atoms with Crippen LogP contribution < -0.4 is 15.6 Å². The van der Waals surface area contributed by atoms with Crippen LogP contribution in [0.15, 0.2) is 27.6 Å². The molecule has 22 heavy (non-hydrogen) atoms. The highest BCUT2D eigenvalue weighted by Crippen LogP contribution is 2.13. The van der Waals surface area contributed by atoms with E-state index >= 15 is 0 Å². The molecule has 0 aliphatic carbocycles. The van der Waals surface area contributed by atoms with E-state index in [0.717, 1.165) is 0 Å². The Kier molecular flexibility index (Phi) is 4.98. The molecule has 0 atom stereocenters. The molecule has 0 aliphatic heterocycles. The van der Waals surface area contributed by atoms with Crippen molar-refractivity contribution in [2.24, 2.45) is 5.92 Å². The molecule has 2 rings (SSSR count). The molecule has 0 spiro atoms. The summed E-state index contributed by atoms with van der Waals surface area (Å²) in [4.78, 5) is 30.9. The number of ether oxygens (including phenoxy) is 1. The van der Waals surface area contributed by atoms with Gasteiger partial charge in [0.05, 0.1) is 19.9 Å². The molecule has 2 aromatic heterocycles. The molecule has 2 aromatic rings. The van der Waals surface area contributed by atoms with Gasteiger partial charge in [-0.2, -0.15) is 0 Å².